The van der Waals surface area contributed by atoms with E-state index in [2.05, 4.69) is 10.3 Å². The van der Waals surface area contributed by atoms with Crippen LogP contribution in [0, 0.1) is 0 Å². The summed E-state index contributed by atoms with van der Waals surface area (Å²) in [7, 11) is 1.44. The van der Waals surface area contributed by atoms with E-state index in [0.717, 1.165) is 0 Å². The number of nitrogens with zero attached hydrogens (tertiary/aromatic N) is 1. The lowest BCUT2D eigenvalue weighted by atomic mass is 10.1. The third kappa shape index (κ3) is 4.03. The van der Waals surface area contributed by atoms with E-state index < -0.39 is 5.91 Å². The van der Waals surface area contributed by atoms with Crippen molar-refractivity contribution in [3.8, 4) is 17.2 Å². The van der Waals surface area contributed by atoms with E-state index in [1.54, 1.807) is 36.4 Å². The fourth-order valence-electron chi connectivity index (χ4n) is 2.89. The number of ether oxygens (including phenoxy) is 1. The molecule has 146 valence electrons. The van der Waals surface area contributed by atoms with Gasteiger partial charge in [-0.15, -0.1) is 0 Å². The summed E-state index contributed by atoms with van der Waals surface area (Å²) < 4.78 is 11.0. The highest BCUT2D eigenvalue weighted by molar-refractivity contribution is 6.36. The fourth-order valence-corrected chi connectivity index (χ4v) is 3.63. The van der Waals surface area contributed by atoms with Gasteiger partial charge in [-0.05, 0) is 48.5 Å². The van der Waals surface area contributed by atoms with Crippen molar-refractivity contribution in [1.82, 2.24) is 4.98 Å². The molecule has 0 unspecified atom stereocenters. The Hall–Kier alpha value is -2.73. The molecule has 4 rings (SSSR count). The molecule has 0 saturated carbocycles. The number of benzene rings is 3. The van der Waals surface area contributed by atoms with Gasteiger partial charge in [-0.3, -0.25) is 4.79 Å². The van der Waals surface area contributed by atoms with Gasteiger partial charge in [-0.1, -0.05) is 40.9 Å². The first kappa shape index (κ1) is 19.6. The van der Waals surface area contributed by atoms with Crippen LogP contribution in [0.3, 0.4) is 0 Å². The fraction of sp³-hybridized carbons (Fsp3) is 0.0476. The maximum absolute atomic E-state index is 12.8. The molecule has 0 aliphatic rings. The second-order valence-corrected chi connectivity index (χ2v) is 7.41. The van der Waals surface area contributed by atoms with Gasteiger partial charge in [0.1, 0.15) is 11.3 Å². The third-order valence-electron chi connectivity index (χ3n) is 4.17. The first-order valence-electron chi connectivity index (χ1n) is 8.45. The Kier molecular flexibility index (Phi) is 5.37. The Balaban J connectivity index is 1.65. The summed E-state index contributed by atoms with van der Waals surface area (Å²) in [6.45, 7) is 0. The lowest BCUT2D eigenvalue weighted by molar-refractivity contribution is 0.102. The SMILES string of the molecule is COc1c(Cl)cc(Cl)cc1C(=O)Nc1cccc(-c2nc3cc(Cl)ccc3o2)c1. The number of oxazole rings is 1. The summed E-state index contributed by atoms with van der Waals surface area (Å²) in [5.41, 5.74) is 2.75. The van der Waals surface area contributed by atoms with E-state index in [4.69, 9.17) is 44.0 Å². The molecular weight excluding hydrogens is 435 g/mol. The number of hydrogen-bond acceptors (Lipinski definition) is 4. The van der Waals surface area contributed by atoms with Gasteiger partial charge in [0, 0.05) is 21.3 Å². The number of anilines is 1. The highest BCUT2D eigenvalue weighted by Crippen LogP contribution is 2.33. The van der Waals surface area contributed by atoms with E-state index >= 15 is 0 Å². The summed E-state index contributed by atoms with van der Waals surface area (Å²) >= 11 is 18.2. The topological polar surface area (TPSA) is 64.4 Å². The lowest BCUT2D eigenvalue weighted by Crippen LogP contribution is -2.13. The molecule has 0 fully saturated rings. The van der Waals surface area contributed by atoms with E-state index in [9.17, 15) is 4.79 Å². The van der Waals surface area contributed by atoms with Gasteiger partial charge < -0.3 is 14.5 Å². The van der Waals surface area contributed by atoms with Crippen LogP contribution in [0.5, 0.6) is 5.75 Å². The van der Waals surface area contributed by atoms with E-state index in [0.29, 0.717) is 38.3 Å². The number of carbonyl (C=O) groups is 1. The maximum atomic E-state index is 12.8. The van der Waals surface area contributed by atoms with Gasteiger partial charge in [-0.2, -0.15) is 0 Å². The Morgan fingerprint density at radius 2 is 1.86 bits per heavy atom. The van der Waals surface area contributed by atoms with Crippen molar-refractivity contribution in [2.24, 2.45) is 0 Å². The minimum atomic E-state index is -0.409. The zero-order valence-corrected chi connectivity index (χ0v) is 17.3. The molecule has 0 saturated heterocycles. The predicted octanol–water partition coefficient (Wildman–Crippen LogP) is 6.72. The van der Waals surface area contributed by atoms with Crippen LogP contribution >= 0.6 is 34.8 Å². The molecule has 1 amide bonds. The Morgan fingerprint density at radius 3 is 2.66 bits per heavy atom. The molecule has 1 aromatic heterocycles. The highest BCUT2D eigenvalue weighted by atomic mass is 35.5. The molecule has 4 aromatic rings. The Bertz CT molecular complexity index is 1240. The van der Waals surface area contributed by atoms with Crippen molar-refractivity contribution in [2.75, 3.05) is 12.4 Å². The van der Waals surface area contributed by atoms with Gasteiger partial charge in [0.25, 0.3) is 5.91 Å². The smallest absolute Gasteiger partial charge is 0.259 e. The van der Waals surface area contributed by atoms with Crippen molar-refractivity contribution < 1.29 is 13.9 Å². The molecule has 1 N–H and O–H groups in total. The summed E-state index contributed by atoms with van der Waals surface area (Å²) in [5, 5.41) is 3.98. The Labute approximate surface area is 181 Å². The van der Waals surface area contributed by atoms with Crippen LogP contribution < -0.4 is 10.1 Å². The zero-order valence-electron chi connectivity index (χ0n) is 15.0. The van der Waals surface area contributed by atoms with Crippen molar-refractivity contribution in [3.05, 3.63) is 75.2 Å². The molecule has 3 aromatic carbocycles. The number of amides is 1. The van der Waals surface area contributed by atoms with E-state index in [-0.39, 0.29) is 16.3 Å². The molecule has 8 heteroatoms. The van der Waals surface area contributed by atoms with Crippen molar-refractivity contribution in [3.63, 3.8) is 0 Å². The highest BCUT2D eigenvalue weighted by Gasteiger charge is 2.17. The van der Waals surface area contributed by atoms with Crippen LogP contribution in [0.25, 0.3) is 22.6 Å². The number of nitrogens with one attached hydrogen (secondary N) is 1. The molecule has 0 bridgehead atoms. The minimum Gasteiger partial charge on any atom is -0.494 e. The molecule has 0 spiro atoms. The van der Waals surface area contributed by atoms with Crippen molar-refractivity contribution in [1.29, 1.82) is 0 Å². The van der Waals surface area contributed by atoms with Gasteiger partial charge in [0.15, 0.2) is 5.58 Å². The number of hydrogen-bond donors (Lipinski definition) is 1. The quantitative estimate of drug-likeness (QED) is 0.377. The van der Waals surface area contributed by atoms with Crippen LogP contribution in [0.1, 0.15) is 10.4 Å². The molecule has 29 heavy (non-hydrogen) atoms. The first-order valence-corrected chi connectivity index (χ1v) is 9.59. The largest absolute Gasteiger partial charge is 0.494 e. The predicted molar refractivity (Wildman–Crippen MR) is 115 cm³/mol. The Morgan fingerprint density at radius 1 is 1.03 bits per heavy atom. The van der Waals surface area contributed by atoms with Crippen LogP contribution in [0.2, 0.25) is 15.1 Å². The molecule has 0 radical (unpaired) electrons. The maximum Gasteiger partial charge on any atom is 0.259 e. The first-order chi connectivity index (χ1) is 13.9. The number of methoxy groups -OCH3 is 1. The lowest BCUT2D eigenvalue weighted by Gasteiger charge is -2.12. The van der Waals surface area contributed by atoms with Crippen LogP contribution in [-0.2, 0) is 0 Å². The molecule has 1 heterocycles. The number of halogens is 3. The number of aromatic nitrogens is 1. The molecule has 0 aliphatic heterocycles. The summed E-state index contributed by atoms with van der Waals surface area (Å²) in [5.74, 6) is 0.259. The average Bonchev–Trinajstić information content (AvgIpc) is 3.11. The summed E-state index contributed by atoms with van der Waals surface area (Å²) in [6, 6.07) is 15.4. The van der Waals surface area contributed by atoms with Crippen LogP contribution in [0.15, 0.2) is 59.0 Å². The molecule has 0 aliphatic carbocycles. The van der Waals surface area contributed by atoms with Gasteiger partial charge in [0.05, 0.1) is 17.7 Å². The van der Waals surface area contributed by atoms with Gasteiger partial charge in [-0.25, -0.2) is 4.98 Å². The zero-order chi connectivity index (χ0) is 20.5. The van der Waals surface area contributed by atoms with Crippen molar-refractivity contribution >= 4 is 57.5 Å². The molecular formula is C21H13Cl3N2O3. The number of carbonyl (C=O) groups excluding carboxylic acids is 1. The molecule has 0 atom stereocenters. The second-order valence-electron chi connectivity index (χ2n) is 6.13. The normalized spacial score (nSPS) is 10.9. The van der Waals surface area contributed by atoms with Crippen molar-refractivity contribution in [2.45, 2.75) is 0 Å². The number of rotatable bonds is 4. The van der Waals surface area contributed by atoms with E-state index in [1.165, 1.54) is 19.2 Å². The van der Waals surface area contributed by atoms with Crippen LogP contribution in [-0.4, -0.2) is 18.0 Å². The average molecular weight is 448 g/mol. The second kappa shape index (κ2) is 7.95. The van der Waals surface area contributed by atoms with Gasteiger partial charge in [0.2, 0.25) is 5.89 Å². The van der Waals surface area contributed by atoms with Gasteiger partial charge >= 0.3 is 0 Å². The third-order valence-corrected chi connectivity index (χ3v) is 4.91. The molecule has 5 nitrogen and oxygen atoms in total. The standard InChI is InChI=1S/C21H13Cl3N2O3/c1-28-19-15(8-13(23)9-16(19)24)20(27)25-14-4-2-3-11(7-14)21-26-17-10-12(22)5-6-18(17)29-21/h2-10H,1H3,(H,25,27). The van der Waals surface area contributed by atoms with Crippen LogP contribution in [0.4, 0.5) is 5.69 Å². The van der Waals surface area contributed by atoms with E-state index in [1.807, 2.05) is 6.07 Å². The number of fused-ring (bicyclic) bond motifs is 1. The monoisotopic (exact) mass is 446 g/mol. The minimum absolute atomic E-state index is 0.229. The summed E-state index contributed by atoms with van der Waals surface area (Å²) in [6.07, 6.45) is 0. The summed E-state index contributed by atoms with van der Waals surface area (Å²) in [4.78, 5) is 17.2.